The van der Waals surface area contributed by atoms with E-state index in [1.165, 1.54) is 19.1 Å². The highest BCUT2D eigenvalue weighted by atomic mass is 79.9. The van der Waals surface area contributed by atoms with E-state index in [0.29, 0.717) is 10.0 Å². The van der Waals surface area contributed by atoms with Crippen LogP contribution in [0.2, 0.25) is 0 Å². The van der Waals surface area contributed by atoms with Gasteiger partial charge in [-0.25, -0.2) is 9.97 Å². The Morgan fingerprint density at radius 2 is 1.89 bits per heavy atom. The maximum absolute atomic E-state index is 13.6. The van der Waals surface area contributed by atoms with Gasteiger partial charge >= 0.3 is 6.18 Å². The Morgan fingerprint density at radius 1 is 1.26 bits per heavy atom. The Morgan fingerprint density at radius 3 is 2.44 bits per heavy atom. The molecule has 2 aromatic heterocycles. The van der Waals surface area contributed by atoms with Crippen molar-refractivity contribution in [1.82, 2.24) is 14.5 Å². The molecular weight excluding hydrogens is 431 g/mol. The second kappa shape index (κ2) is 6.12. The lowest BCUT2D eigenvalue weighted by atomic mass is 10.1. The normalized spacial score (nSPS) is 11.9. The van der Waals surface area contributed by atoms with Gasteiger partial charge in [0.15, 0.2) is 11.3 Å². The molecule has 0 saturated heterocycles. The molecular formula is C16H13BrF3N5O2. The number of aromatic hydroxyl groups is 1. The van der Waals surface area contributed by atoms with Crippen molar-refractivity contribution in [2.24, 2.45) is 5.73 Å². The van der Waals surface area contributed by atoms with E-state index in [0.717, 1.165) is 4.57 Å². The van der Waals surface area contributed by atoms with Gasteiger partial charge in [-0.1, -0.05) is 0 Å². The van der Waals surface area contributed by atoms with E-state index in [1.54, 1.807) is 6.92 Å². The lowest BCUT2D eigenvalue weighted by Crippen LogP contribution is -2.16. The van der Waals surface area contributed by atoms with Crippen LogP contribution in [0.1, 0.15) is 27.4 Å². The fraction of sp³-hybridized carbons (Fsp3) is 0.188. The summed E-state index contributed by atoms with van der Waals surface area (Å²) < 4.78 is 42.3. The summed E-state index contributed by atoms with van der Waals surface area (Å²) in [4.78, 5) is 19.4. The Kier molecular flexibility index (Phi) is 4.29. The minimum absolute atomic E-state index is 0.114. The van der Waals surface area contributed by atoms with Crippen molar-refractivity contribution in [2.75, 3.05) is 5.73 Å². The molecule has 0 saturated carbocycles. The molecule has 11 heteroatoms. The van der Waals surface area contributed by atoms with Crippen molar-refractivity contribution in [1.29, 1.82) is 0 Å². The van der Waals surface area contributed by atoms with Gasteiger partial charge in [-0.3, -0.25) is 9.36 Å². The molecule has 3 rings (SSSR count). The van der Waals surface area contributed by atoms with Crippen LogP contribution in [0.25, 0.3) is 16.7 Å². The number of rotatable bonds is 2. The van der Waals surface area contributed by atoms with Gasteiger partial charge in [-0.15, -0.1) is 0 Å². The molecule has 0 fully saturated rings. The molecule has 0 aliphatic rings. The number of fused-ring (bicyclic) bond motifs is 1. The minimum atomic E-state index is -4.86. The van der Waals surface area contributed by atoms with Gasteiger partial charge in [0.05, 0.1) is 16.6 Å². The number of halogens is 4. The third-order valence-corrected chi connectivity index (χ3v) is 4.69. The van der Waals surface area contributed by atoms with Crippen molar-refractivity contribution in [2.45, 2.75) is 20.0 Å². The standard InChI is InChI=1S/C16H13BrF3N5O2/c1-5-8(26)4-3-7(17)11(5)25-13(21)10(14(22)27)9-12(16(18,19)20)23-6(2)24-15(9)25/h3-4,26H,21H2,1-2H3,(H2,22,27). The Bertz CT molecular complexity index is 1110. The number of phenols is 1. The number of aromatic nitrogens is 3. The van der Waals surface area contributed by atoms with E-state index in [4.69, 9.17) is 11.5 Å². The number of carbonyl (C=O) groups is 1. The van der Waals surface area contributed by atoms with E-state index in [-0.39, 0.29) is 28.7 Å². The zero-order chi connectivity index (χ0) is 20.3. The molecule has 0 aliphatic heterocycles. The summed E-state index contributed by atoms with van der Waals surface area (Å²) in [6.45, 7) is 2.83. The van der Waals surface area contributed by atoms with Crippen LogP contribution in [0.4, 0.5) is 19.0 Å². The number of anilines is 1. The van der Waals surface area contributed by atoms with Crippen molar-refractivity contribution in [3.05, 3.63) is 39.3 Å². The fourth-order valence-electron chi connectivity index (χ4n) is 2.92. The molecule has 0 bridgehead atoms. The van der Waals surface area contributed by atoms with Gasteiger partial charge < -0.3 is 16.6 Å². The molecule has 3 aromatic rings. The number of carbonyl (C=O) groups excluding carboxylic acids is 1. The molecule has 142 valence electrons. The van der Waals surface area contributed by atoms with Crippen LogP contribution in [0.3, 0.4) is 0 Å². The lowest BCUT2D eigenvalue weighted by Gasteiger charge is -2.15. The number of aryl methyl sites for hydroxylation is 1. The minimum Gasteiger partial charge on any atom is -0.508 e. The maximum atomic E-state index is 13.6. The maximum Gasteiger partial charge on any atom is 0.434 e. The van der Waals surface area contributed by atoms with E-state index in [1.807, 2.05) is 0 Å². The first kappa shape index (κ1) is 19.0. The van der Waals surface area contributed by atoms with Crippen LogP contribution in [0.15, 0.2) is 16.6 Å². The van der Waals surface area contributed by atoms with Crippen LogP contribution in [-0.2, 0) is 6.18 Å². The summed E-state index contributed by atoms with van der Waals surface area (Å²) in [7, 11) is 0. The lowest BCUT2D eigenvalue weighted by molar-refractivity contribution is -0.139. The topological polar surface area (TPSA) is 120 Å². The van der Waals surface area contributed by atoms with Crippen molar-refractivity contribution in [3.63, 3.8) is 0 Å². The average Bonchev–Trinajstić information content (AvgIpc) is 2.82. The fourth-order valence-corrected chi connectivity index (χ4v) is 3.52. The third kappa shape index (κ3) is 2.87. The number of amides is 1. The summed E-state index contributed by atoms with van der Waals surface area (Å²) in [6, 6.07) is 2.90. The van der Waals surface area contributed by atoms with Crippen LogP contribution < -0.4 is 11.5 Å². The summed E-state index contributed by atoms with van der Waals surface area (Å²) in [5, 5.41) is 9.43. The molecule has 0 atom stereocenters. The molecule has 0 unspecified atom stereocenters. The highest BCUT2D eigenvalue weighted by Gasteiger charge is 2.39. The summed E-state index contributed by atoms with van der Waals surface area (Å²) >= 11 is 3.29. The molecule has 0 aliphatic carbocycles. The van der Waals surface area contributed by atoms with Crippen molar-refractivity contribution in [3.8, 4) is 11.4 Å². The largest absolute Gasteiger partial charge is 0.508 e. The van der Waals surface area contributed by atoms with Crippen molar-refractivity contribution >= 4 is 38.7 Å². The molecule has 0 radical (unpaired) electrons. The number of nitrogen functional groups attached to an aromatic ring is 1. The van der Waals surface area contributed by atoms with Gasteiger partial charge in [-0.2, -0.15) is 13.2 Å². The number of nitrogens with two attached hydrogens (primary N) is 2. The third-order valence-electron chi connectivity index (χ3n) is 4.05. The number of nitrogens with zero attached hydrogens (tertiary/aromatic N) is 3. The highest BCUT2D eigenvalue weighted by molar-refractivity contribution is 9.10. The van der Waals surface area contributed by atoms with Gasteiger partial charge in [0.25, 0.3) is 5.91 Å². The Balaban J connectivity index is 2.62. The van der Waals surface area contributed by atoms with E-state index in [2.05, 4.69) is 25.9 Å². The number of phenolic OH excluding ortho intramolecular Hbond substituents is 1. The number of alkyl halides is 3. The van der Waals surface area contributed by atoms with E-state index >= 15 is 0 Å². The predicted octanol–water partition coefficient (Wildman–Crippen LogP) is 3.21. The van der Waals surface area contributed by atoms with Gasteiger partial charge in [0.1, 0.15) is 17.4 Å². The van der Waals surface area contributed by atoms with Gasteiger partial charge in [-0.05, 0) is 41.9 Å². The molecule has 27 heavy (non-hydrogen) atoms. The average molecular weight is 444 g/mol. The number of benzene rings is 1. The van der Waals surface area contributed by atoms with Crippen LogP contribution >= 0.6 is 15.9 Å². The van der Waals surface area contributed by atoms with Crippen LogP contribution in [0, 0.1) is 13.8 Å². The first-order valence-electron chi connectivity index (χ1n) is 7.49. The zero-order valence-electron chi connectivity index (χ0n) is 14.0. The Hall–Kier alpha value is -2.82. The van der Waals surface area contributed by atoms with E-state index in [9.17, 15) is 23.1 Å². The summed E-state index contributed by atoms with van der Waals surface area (Å²) in [5.41, 5.74) is 9.80. The molecule has 7 nitrogen and oxygen atoms in total. The highest BCUT2D eigenvalue weighted by Crippen LogP contribution is 2.41. The van der Waals surface area contributed by atoms with Crippen LogP contribution in [0.5, 0.6) is 5.75 Å². The van der Waals surface area contributed by atoms with Gasteiger partial charge in [0, 0.05) is 10.0 Å². The molecule has 2 heterocycles. The number of primary amides is 1. The van der Waals surface area contributed by atoms with Gasteiger partial charge in [0.2, 0.25) is 0 Å². The quantitative estimate of drug-likeness (QED) is 0.561. The SMILES string of the molecule is Cc1nc(C(F)(F)F)c2c(C(N)=O)c(N)n(-c3c(Br)ccc(O)c3C)c2n1. The predicted molar refractivity (Wildman–Crippen MR) is 95.6 cm³/mol. The van der Waals surface area contributed by atoms with E-state index < -0.39 is 28.7 Å². The Labute approximate surface area is 158 Å². The van der Waals surface area contributed by atoms with Crippen LogP contribution in [-0.4, -0.2) is 25.5 Å². The van der Waals surface area contributed by atoms with Crippen molar-refractivity contribution < 1.29 is 23.1 Å². The smallest absolute Gasteiger partial charge is 0.434 e. The monoisotopic (exact) mass is 443 g/mol. The second-order valence-corrected chi connectivity index (χ2v) is 6.67. The molecule has 0 spiro atoms. The number of hydrogen-bond acceptors (Lipinski definition) is 5. The first-order chi connectivity index (χ1) is 12.4. The zero-order valence-corrected chi connectivity index (χ0v) is 15.6. The summed E-state index contributed by atoms with van der Waals surface area (Å²) in [5.74, 6) is -1.77. The number of hydrogen-bond donors (Lipinski definition) is 3. The molecule has 1 aromatic carbocycles. The summed E-state index contributed by atoms with van der Waals surface area (Å²) in [6.07, 6.45) is -4.86. The second-order valence-electron chi connectivity index (χ2n) is 5.82. The molecule has 5 N–H and O–H groups in total. The molecule has 1 amide bonds. The first-order valence-corrected chi connectivity index (χ1v) is 8.28.